The van der Waals surface area contributed by atoms with E-state index in [1.807, 2.05) is 12.3 Å². The highest BCUT2D eigenvalue weighted by Gasteiger charge is 1.97. The van der Waals surface area contributed by atoms with Crippen molar-refractivity contribution in [3.8, 4) is 0 Å². The first-order valence-electron chi connectivity index (χ1n) is 5.10. The molecule has 2 rings (SSSR count). The van der Waals surface area contributed by atoms with Crippen LogP contribution in [0.25, 0.3) is 10.9 Å². The SMILES string of the molecule is CCCCc1ccc2cnccc2n1. The maximum absolute atomic E-state index is 4.57. The van der Waals surface area contributed by atoms with Crippen molar-refractivity contribution in [1.29, 1.82) is 0 Å². The zero-order chi connectivity index (χ0) is 9.80. The largest absolute Gasteiger partial charge is 0.264 e. The molecule has 2 heteroatoms. The molecular formula is C12H14N2. The van der Waals surface area contributed by atoms with Crippen molar-refractivity contribution in [3.05, 3.63) is 36.3 Å². The molecule has 0 radical (unpaired) electrons. The van der Waals surface area contributed by atoms with Gasteiger partial charge in [0.05, 0.1) is 5.52 Å². The maximum Gasteiger partial charge on any atom is 0.0736 e. The molecule has 2 nitrogen and oxygen atoms in total. The average molecular weight is 186 g/mol. The molecule has 0 saturated carbocycles. The lowest BCUT2D eigenvalue weighted by molar-refractivity contribution is 0.780. The van der Waals surface area contributed by atoms with Gasteiger partial charge in [0.25, 0.3) is 0 Å². The van der Waals surface area contributed by atoms with E-state index in [1.54, 1.807) is 6.20 Å². The van der Waals surface area contributed by atoms with Crippen LogP contribution in [0.3, 0.4) is 0 Å². The molecule has 0 bridgehead atoms. The van der Waals surface area contributed by atoms with Crippen LogP contribution in [0.2, 0.25) is 0 Å². The Bertz CT molecular complexity index is 423. The predicted octanol–water partition coefficient (Wildman–Crippen LogP) is 2.97. The van der Waals surface area contributed by atoms with Gasteiger partial charge < -0.3 is 0 Å². The van der Waals surface area contributed by atoms with Gasteiger partial charge in [-0.1, -0.05) is 13.3 Å². The van der Waals surface area contributed by atoms with Gasteiger partial charge in [0.15, 0.2) is 0 Å². The smallest absolute Gasteiger partial charge is 0.0736 e. The first-order chi connectivity index (χ1) is 6.90. The van der Waals surface area contributed by atoms with E-state index in [1.165, 1.54) is 18.5 Å². The molecule has 0 aliphatic rings. The van der Waals surface area contributed by atoms with Gasteiger partial charge in [-0.15, -0.1) is 0 Å². The summed E-state index contributed by atoms with van der Waals surface area (Å²) in [4.78, 5) is 8.64. The highest BCUT2D eigenvalue weighted by Crippen LogP contribution is 2.11. The third kappa shape index (κ3) is 1.90. The molecule has 0 aromatic carbocycles. The Labute approximate surface area is 84.0 Å². The van der Waals surface area contributed by atoms with Crippen molar-refractivity contribution in [2.45, 2.75) is 26.2 Å². The molecular weight excluding hydrogens is 172 g/mol. The number of aryl methyl sites for hydroxylation is 1. The third-order valence-electron chi connectivity index (χ3n) is 2.33. The molecule has 0 aliphatic heterocycles. The summed E-state index contributed by atoms with van der Waals surface area (Å²) in [6.07, 6.45) is 7.15. The fourth-order valence-electron chi connectivity index (χ4n) is 1.50. The lowest BCUT2D eigenvalue weighted by Crippen LogP contribution is -1.90. The number of pyridine rings is 2. The number of hydrogen-bond acceptors (Lipinski definition) is 2. The van der Waals surface area contributed by atoms with E-state index >= 15 is 0 Å². The van der Waals surface area contributed by atoms with Gasteiger partial charge in [-0.25, -0.2) is 0 Å². The number of unbranched alkanes of at least 4 members (excludes halogenated alkanes) is 1. The monoisotopic (exact) mass is 186 g/mol. The fraction of sp³-hybridized carbons (Fsp3) is 0.333. The number of hydrogen-bond donors (Lipinski definition) is 0. The van der Waals surface area contributed by atoms with Crippen LogP contribution in [0.15, 0.2) is 30.6 Å². The summed E-state index contributed by atoms with van der Waals surface area (Å²) in [6.45, 7) is 2.20. The van der Waals surface area contributed by atoms with Crippen LogP contribution in [0.4, 0.5) is 0 Å². The number of nitrogens with zero attached hydrogens (tertiary/aromatic N) is 2. The molecule has 14 heavy (non-hydrogen) atoms. The van der Waals surface area contributed by atoms with Gasteiger partial charge in [-0.05, 0) is 31.0 Å². The van der Waals surface area contributed by atoms with E-state index in [-0.39, 0.29) is 0 Å². The van der Waals surface area contributed by atoms with Gasteiger partial charge >= 0.3 is 0 Å². The summed E-state index contributed by atoms with van der Waals surface area (Å²) in [5.74, 6) is 0. The van der Waals surface area contributed by atoms with Gasteiger partial charge in [0.1, 0.15) is 0 Å². The highest BCUT2D eigenvalue weighted by molar-refractivity contribution is 5.77. The Hall–Kier alpha value is -1.44. The predicted molar refractivity (Wildman–Crippen MR) is 58.2 cm³/mol. The molecule has 0 saturated heterocycles. The van der Waals surface area contributed by atoms with Crippen molar-refractivity contribution in [2.75, 3.05) is 0 Å². The summed E-state index contributed by atoms with van der Waals surface area (Å²) < 4.78 is 0. The topological polar surface area (TPSA) is 25.8 Å². The normalized spacial score (nSPS) is 10.6. The van der Waals surface area contributed by atoms with Crippen LogP contribution < -0.4 is 0 Å². The lowest BCUT2D eigenvalue weighted by atomic mass is 10.1. The Kier molecular flexibility index (Phi) is 2.73. The zero-order valence-electron chi connectivity index (χ0n) is 8.40. The van der Waals surface area contributed by atoms with Gasteiger partial charge in [0, 0.05) is 23.5 Å². The first-order valence-corrected chi connectivity index (χ1v) is 5.10. The molecule has 0 unspecified atom stereocenters. The summed E-state index contributed by atoms with van der Waals surface area (Å²) >= 11 is 0. The molecule has 2 aromatic rings. The quantitative estimate of drug-likeness (QED) is 0.736. The van der Waals surface area contributed by atoms with Crippen molar-refractivity contribution in [2.24, 2.45) is 0 Å². The average Bonchev–Trinajstić information content (AvgIpc) is 2.26. The minimum absolute atomic E-state index is 1.05. The van der Waals surface area contributed by atoms with Crippen LogP contribution in [0.5, 0.6) is 0 Å². The van der Waals surface area contributed by atoms with Crippen LogP contribution in [-0.4, -0.2) is 9.97 Å². The van der Waals surface area contributed by atoms with E-state index < -0.39 is 0 Å². The first kappa shape index (κ1) is 9.13. The summed E-state index contributed by atoms with van der Waals surface area (Å²) in [5, 5.41) is 1.12. The van der Waals surface area contributed by atoms with Crippen molar-refractivity contribution < 1.29 is 0 Å². The second kappa shape index (κ2) is 4.18. The molecule has 2 aromatic heterocycles. The number of rotatable bonds is 3. The molecule has 0 atom stereocenters. The van der Waals surface area contributed by atoms with Gasteiger partial charge in [-0.2, -0.15) is 0 Å². The summed E-state index contributed by atoms with van der Waals surface area (Å²) in [6, 6.07) is 6.16. The number of aromatic nitrogens is 2. The Balaban J connectivity index is 2.32. The van der Waals surface area contributed by atoms with Crippen molar-refractivity contribution in [3.63, 3.8) is 0 Å². The van der Waals surface area contributed by atoms with E-state index in [4.69, 9.17) is 0 Å². The Morgan fingerprint density at radius 3 is 3.00 bits per heavy atom. The van der Waals surface area contributed by atoms with Crippen LogP contribution in [-0.2, 0) is 6.42 Å². The highest BCUT2D eigenvalue weighted by atomic mass is 14.7. The van der Waals surface area contributed by atoms with E-state index in [2.05, 4.69) is 29.0 Å². The van der Waals surface area contributed by atoms with Crippen LogP contribution in [0, 0.1) is 0 Å². The van der Waals surface area contributed by atoms with Crippen molar-refractivity contribution >= 4 is 10.9 Å². The van der Waals surface area contributed by atoms with Crippen molar-refractivity contribution in [1.82, 2.24) is 9.97 Å². The summed E-state index contributed by atoms with van der Waals surface area (Å²) in [5.41, 5.74) is 2.24. The van der Waals surface area contributed by atoms with E-state index in [9.17, 15) is 0 Å². The number of fused-ring (bicyclic) bond motifs is 1. The molecule has 0 spiro atoms. The summed E-state index contributed by atoms with van der Waals surface area (Å²) in [7, 11) is 0. The minimum atomic E-state index is 1.05. The molecule has 0 aliphatic carbocycles. The molecule has 0 N–H and O–H groups in total. The van der Waals surface area contributed by atoms with E-state index in [0.717, 1.165) is 17.3 Å². The zero-order valence-corrected chi connectivity index (χ0v) is 8.40. The minimum Gasteiger partial charge on any atom is -0.264 e. The molecule has 72 valence electrons. The van der Waals surface area contributed by atoms with Crippen LogP contribution >= 0.6 is 0 Å². The fourth-order valence-corrected chi connectivity index (χ4v) is 1.50. The molecule has 0 fully saturated rings. The lowest BCUT2D eigenvalue weighted by Gasteiger charge is -2.01. The van der Waals surface area contributed by atoms with Crippen LogP contribution in [0.1, 0.15) is 25.5 Å². The Morgan fingerprint density at radius 2 is 2.14 bits per heavy atom. The standard InChI is InChI=1S/C12H14N2/c1-2-3-4-11-6-5-10-9-13-8-7-12(10)14-11/h5-9H,2-4H2,1H3. The maximum atomic E-state index is 4.57. The third-order valence-corrected chi connectivity index (χ3v) is 2.33. The second-order valence-corrected chi connectivity index (χ2v) is 3.47. The Morgan fingerprint density at radius 1 is 1.21 bits per heavy atom. The second-order valence-electron chi connectivity index (χ2n) is 3.47. The molecule has 2 heterocycles. The van der Waals surface area contributed by atoms with Gasteiger partial charge in [0.2, 0.25) is 0 Å². The van der Waals surface area contributed by atoms with Gasteiger partial charge in [-0.3, -0.25) is 9.97 Å². The van der Waals surface area contributed by atoms with E-state index in [0.29, 0.717) is 0 Å². The molecule has 0 amide bonds.